The Labute approximate surface area is 222 Å². The predicted octanol–water partition coefficient (Wildman–Crippen LogP) is 4.50. The van der Waals surface area contributed by atoms with Gasteiger partial charge in [-0.15, -0.1) is 0 Å². The van der Waals surface area contributed by atoms with E-state index in [1.54, 1.807) is 30.6 Å². The number of benzene rings is 2. The number of nitrogen functional groups attached to an aromatic ring is 1. The number of aromatic nitrogens is 3. The number of nitrogens with one attached hydrogen (secondary N) is 3. The normalized spacial score (nSPS) is 13.7. The van der Waals surface area contributed by atoms with Crippen LogP contribution in [0.5, 0.6) is 29.0 Å². The van der Waals surface area contributed by atoms with Gasteiger partial charge < -0.3 is 35.5 Å². The van der Waals surface area contributed by atoms with E-state index in [-0.39, 0.29) is 34.7 Å². The number of phenolic OH excluding ortho intramolecular Hbond substituents is 1. The van der Waals surface area contributed by atoms with Gasteiger partial charge in [-0.25, -0.2) is 4.98 Å². The highest BCUT2D eigenvalue weighted by atomic mass is 19.1. The van der Waals surface area contributed by atoms with Crippen molar-refractivity contribution in [3.05, 3.63) is 72.1 Å². The summed E-state index contributed by atoms with van der Waals surface area (Å²) in [6, 6.07) is 10.5. The number of phenols is 1. The highest BCUT2D eigenvalue weighted by molar-refractivity contribution is 5.95. The molecule has 0 unspecified atom stereocenters. The van der Waals surface area contributed by atoms with Crippen LogP contribution in [0.2, 0.25) is 0 Å². The summed E-state index contributed by atoms with van der Waals surface area (Å²) >= 11 is 0. The summed E-state index contributed by atoms with van der Waals surface area (Å²) in [5.41, 5.74) is 6.04. The van der Waals surface area contributed by atoms with Crippen LogP contribution in [0.1, 0.15) is 18.4 Å². The zero-order valence-corrected chi connectivity index (χ0v) is 21.0. The van der Waals surface area contributed by atoms with E-state index >= 15 is 8.78 Å². The molecule has 1 saturated heterocycles. The maximum Gasteiger partial charge on any atom is 0.261 e. The van der Waals surface area contributed by atoms with Crippen molar-refractivity contribution in [1.82, 2.24) is 19.9 Å². The molecule has 1 aliphatic heterocycles. The van der Waals surface area contributed by atoms with Gasteiger partial charge in [0.1, 0.15) is 23.1 Å². The molecular formula is C27H27F2N7O3. The van der Waals surface area contributed by atoms with E-state index < -0.39 is 29.1 Å². The number of nitrogens with two attached hydrogens (primary N) is 1. The van der Waals surface area contributed by atoms with Crippen molar-refractivity contribution in [2.75, 3.05) is 18.4 Å². The van der Waals surface area contributed by atoms with Crippen molar-refractivity contribution in [2.45, 2.75) is 18.9 Å². The molecule has 0 spiro atoms. The maximum atomic E-state index is 15.7. The molecule has 1 aliphatic rings. The first-order chi connectivity index (χ1) is 18.8. The number of halogens is 2. The summed E-state index contributed by atoms with van der Waals surface area (Å²) in [7, 11) is 1.84. The van der Waals surface area contributed by atoms with Crippen LogP contribution in [0.15, 0.2) is 54.9 Å². The lowest BCUT2D eigenvalue weighted by molar-refractivity contribution is 0.362. The molecule has 0 bridgehead atoms. The lowest BCUT2D eigenvalue weighted by atomic mass is 10.1. The second kappa shape index (κ2) is 11.0. The van der Waals surface area contributed by atoms with E-state index in [0.29, 0.717) is 31.8 Å². The first-order valence-corrected chi connectivity index (χ1v) is 12.3. The second-order valence-corrected chi connectivity index (χ2v) is 9.08. The molecule has 0 radical (unpaired) electrons. The Morgan fingerprint density at radius 1 is 1.13 bits per heavy atom. The summed E-state index contributed by atoms with van der Waals surface area (Å²) in [6.45, 7) is 1.40. The number of piperidine rings is 1. The van der Waals surface area contributed by atoms with Gasteiger partial charge in [0.2, 0.25) is 11.6 Å². The molecule has 202 valence electrons. The van der Waals surface area contributed by atoms with E-state index in [0.717, 1.165) is 5.56 Å². The first-order valence-electron chi connectivity index (χ1n) is 12.3. The molecule has 6 N–H and O–H groups in total. The van der Waals surface area contributed by atoms with Crippen molar-refractivity contribution in [2.24, 2.45) is 12.8 Å². The van der Waals surface area contributed by atoms with Gasteiger partial charge in [0.25, 0.3) is 11.8 Å². The molecule has 5 rings (SSSR count). The molecule has 10 nitrogen and oxygen atoms in total. The third kappa shape index (κ3) is 5.60. The van der Waals surface area contributed by atoms with Crippen LogP contribution in [-0.4, -0.2) is 44.6 Å². The number of aryl methyl sites for hydroxylation is 1. The van der Waals surface area contributed by atoms with E-state index in [2.05, 4.69) is 20.6 Å². The van der Waals surface area contributed by atoms with E-state index in [1.807, 2.05) is 17.7 Å². The molecular weight excluding hydrogens is 508 g/mol. The molecule has 0 amide bonds. The molecule has 1 fully saturated rings. The Kier molecular flexibility index (Phi) is 7.28. The van der Waals surface area contributed by atoms with Crippen LogP contribution in [0, 0.1) is 17.0 Å². The fourth-order valence-corrected chi connectivity index (χ4v) is 4.25. The summed E-state index contributed by atoms with van der Waals surface area (Å²) in [4.78, 5) is 8.29. The number of amidine groups is 1. The SMILES string of the molecule is Cn1ccnc1-c1cccc(Oc2nc(Oc3cc(C(=N)N)ccc3O)c(F)c(NC3CCNCC3)c2F)c1. The van der Waals surface area contributed by atoms with Gasteiger partial charge in [0.15, 0.2) is 11.5 Å². The first kappa shape index (κ1) is 25.9. The van der Waals surface area contributed by atoms with Crippen molar-refractivity contribution < 1.29 is 23.4 Å². The summed E-state index contributed by atoms with van der Waals surface area (Å²) < 4.78 is 44.6. The largest absolute Gasteiger partial charge is 0.504 e. The van der Waals surface area contributed by atoms with Crippen LogP contribution in [0.3, 0.4) is 0 Å². The Balaban J connectivity index is 1.54. The molecule has 4 aromatic rings. The fourth-order valence-electron chi connectivity index (χ4n) is 4.25. The molecule has 39 heavy (non-hydrogen) atoms. The zero-order chi connectivity index (χ0) is 27.5. The lowest BCUT2D eigenvalue weighted by Gasteiger charge is -2.25. The number of hydrogen-bond acceptors (Lipinski definition) is 8. The molecule has 3 heterocycles. The van der Waals surface area contributed by atoms with E-state index in [1.165, 1.54) is 18.2 Å². The smallest absolute Gasteiger partial charge is 0.261 e. The number of nitrogens with zero attached hydrogens (tertiary/aromatic N) is 3. The third-order valence-electron chi connectivity index (χ3n) is 6.31. The van der Waals surface area contributed by atoms with Crippen LogP contribution >= 0.6 is 0 Å². The van der Waals surface area contributed by atoms with Gasteiger partial charge in [-0.2, -0.15) is 13.8 Å². The monoisotopic (exact) mass is 535 g/mol. The average molecular weight is 536 g/mol. The van der Waals surface area contributed by atoms with Crippen molar-refractivity contribution in [3.8, 4) is 40.4 Å². The number of aromatic hydroxyl groups is 1. The van der Waals surface area contributed by atoms with Crippen LogP contribution in [0.25, 0.3) is 11.4 Å². The van der Waals surface area contributed by atoms with Crippen molar-refractivity contribution in [1.29, 1.82) is 5.41 Å². The molecule has 2 aromatic heterocycles. The van der Waals surface area contributed by atoms with E-state index in [4.69, 9.17) is 20.6 Å². The average Bonchev–Trinajstić information content (AvgIpc) is 3.37. The van der Waals surface area contributed by atoms with Crippen molar-refractivity contribution in [3.63, 3.8) is 0 Å². The highest BCUT2D eigenvalue weighted by Gasteiger charge is 2.27. The lowest BCUT2D eigenvalue weighted by Crippen LogP contribution is -2.35. The summed E-state index contributed by atoms with van der Waals surface area (Å²) in [6.07, 6.45) is 4.76. The third-order valence-corrected chi connectivity index (χ3v) is 6.31. The standard InChI is InChI=1S/C27H27F2N7O3/c1-36-12-11-33-25(36)16-3-2-4-18(13-16)38-26-21(28)23(34-17-7-9-32-10-8-17)22(29)27(35-26)39-20-14-15(24(30)31)5-6-19(20)37/h2-6,11-14,17,32,37H,7-10H2,1H3,(H3,30,31)(H,34,35). The van der Waals surface area contributed by atoms with Gasteiger partial charge in [0.05, 0.1) is 0 Å². The van der Waals surface area contributed by atoms with E-state index in [9.17, 15) is 5.11 Å². The van der Waals surface area contributed by atoms with Gasteiger partial charge in [0, 0.05) is 36.6 Å². The van der Waals surface area contributed by atoms with Crippen LogP contribution < -0.4 is 25.8 Å². The summed E-state index contributed by atoms with van der Waals surface area (Å²) in [5.74, 6) is -3.19. The predicted molar refractivity (Wildman–Crippen MR) is 142 cm³/mol. The Morgan fingerprint density at radius 2 is 1.87 bits per heavy atom. The highest BCUT2D eigenvalue weighted by Crippen LogP contribution is 2.39. The zero-order valence-electron chi connectivity index (χ0n) is 21.0. The van der Waals surface area contributed by atoms with Crippen molar-refractivity contribution >= 4 is 11.5 Å². The maximum absolute atomic E-state index is 15.7. The number of rotatable bonds is 8. The van der Waals surface area contributed by atoms with Gasteiger partial charge >= 0.3 is 0 Å². The Morgan fingerprint density at radius 3 is 2.56 bits per heavy atom. The Hall–Kier alpha value is -4.71. The second-order valence-electron chi connectivity index (χ2n) is 9.08. The van der Waals surface area contributed by atoms with Crippen LogP contribution in [-0.2, 0) is 7.05 Å². The van der Waals surface area contributed by atoms with Crippen LogP contribution in [0.4, 0.5) is 14.5 Å². The molecule has 12 heteroatoms. The number of hydrogen-bond donors (Lipinski definition) is 5. The molecule has 0 aliphatic carbocycles. The number of pyridine rings is 1. The number of imidazole rings is 1. The number of ether oxygens (including phenoxy) is 2. The quantitative estimate of drug-likeness (QED) is 0.164. The molecule has 0 atom stereocenters. The minimum atomic E-state index is -1.09. The topological polar surface area (TPSA) is 143 Å². The number of anilines is 1. The minimum absolute atomic E-state index is 0.195. The van der Waals surface area contributed by atoms with Gasteiger partial charge in [-0.3, -0.25) is 5.41 Å². The van der Waals surface area contributed by atoms with Gasteiger partial charge in [-0.05, 0) is 56.3 Å². The molecule has 2 aromatic carbocycles. The summed E-state index contributed by atoms with van der Waals surface area (Å²) in [5, 5.41) is 24.1. The minimum Gasteiger partial charge on any atom is -0.504 e. The van der Waals surface area contributed by atoms with Gasteiger partial charge in [-0.1, -0.05) is 12.1 Å². The molecule has 0 saturated carbocycles. The fraction of sp³-hybridized carbons (Fsp3) is 0.222. The Bertz CT molecular complexity index is 1520.